The summed E-state index contributed by atoms with van der Waals surface area (Å²) in [5.41, 5.74) is 2.83. The van der Waals surface area contributed by atoms with Gasteiger partial charge in [0.1, 0.15) is 5.78 Å². The van der Waals surface area contributed by atoms with E-state index in [2.05, 4.69) is 48.5 Å². The van der Waals surface area contributed by atoms with Crippen LogP contribution in [0.2, 0.25) is 0 Å². The Kier molecular flexibility index (Phi) is 3.20. The molecule has 0 radical (unpaired) electrons. The molecule has 96 valence electrons. The van der Waals surface area contributed by atoms with Crippen molar-refractivity contribution in [2.45, 2.75) is 25.7 Å². The maximum Gasteiger partial charge on any atom is 0.134 e. The molecular formula is C18H18O. The van der Waals surface area contributed by atoms with Crippen LogP contribution in [-0.4, -0.2) is 5.78 Å². The number of benzene rings is 2. The number of hydrogen-bond acceptors (Lipinski definition) is 1. The lowest BCUT2D eigenvalue weighted by Crippen LogP contribution is -2.41. The Bertz CT molecular complexity index is 505. The molecule has 2 aromatic carbocycles. The molecule has 1 fully saturated rings. The van der Waals surface area contributed by atoms with Crippen molar-refractivity contribution in [3.05, 3.63) is 71.8 Å². The van der Waals surface area contributed by atoms with Crippen molar-refractivity contribution in [2.24, 2.45) is 5.41 Å². The Hall–Kier alpha value is -1.89. The molecule has 0 saturated heterocycles. The van der Waals surface area contributed by atoms with Crippen molar-refractivity contribution >= 4 is 5.78 Å². The molecule has 1 aliphatic rings. The minimum absolute atomic E-state index is 0.153. The monoisotopic (exact) mass is 250 g/mol. The van der Waals surface area contributed by atoms with E-state index in [1.165, 1.54) is 11.1 Å². The fourth-order valence-electron chi connectivity index (χ4n) is 3.15. The lowest BCUT2D eigenvalue weighted by molar-refractivity contribution is -0.132. The molecule has 1 saturated carbocycles. The first kappa shape index (κ1) is 12.2. The molecule has 19 heavy (non-hydrogen) atoms. The number of rotatable bonds is 4. The normalized spacial score (nSPS) is 16.9. The van der Waals surface area contributed by atoms with E-state index in [1.54, 1.807) is 0 Å². The molecule has 0 aromatic heterocycles. The van der Waals surface area contributed by atoms with Crippen LogP contribution in [0.1, 0.15) is 24.0 Å². The van der Waals surface area contributed by atoms with E-state index in [4.69, 9.17) is 0 Å². The van der Waals surface area contributed by atoms with Gasteiger partial charge in [0.15, 0.2) is 0 Å². The van der Waals surface area contributed by atoms with Crippen LogP contribution < -0.4 is 0 Å². The Labute approximate surface area is 114 Å². The second-order valence-corrected chi connectivity index (χ2v) is 5.72. The standard InChI is InChI=1S/C18H18O/c19-17-13-18(14-17,11-15-7-3-1-4-8-15)12-16-9-5-2-6-10-16/h1-10H,11-14H2. The van der Waals surface area contributed by atoms with E-state index in [-0.39, 0.29) is 5.41 Å². The predicted octanol–water partition coefficient (Wildman–Crippen LogP) is 3.82. The fraction of sp³-hybridized carbons (Fsp3) is 0.278. The number of carbonyl (C=O) groups is 1. The Morgan fingerprint density at radius 3 is 1.53 bits per heavy atom. The topological polar surface area (TPSA) is 17.1 Å². The highest BCUT2D eigenvalue weighted by Crippen LogP contribution is 2.44. The average molecular weight is 250 g/mol. The Balaban J connectivity index is 1.78. The van der Waals surface area contributed by atoms with E-state index in [1.807, 2.05) is 12.1 Å². The number of carbonyl (C=O) groups excluding carboxylic acids is 1. The highest BCUT2D eigenvalue weighted by molar-refractivity contribution is 5.86. The summed E-state index contributed by atoms with van der Waals surface area (Å²) < 4.78 is 0. The second-order valence-electron chi connectivity index (χ2n) is 5.72. The van der Waals surface area contributed by atoms with Gasteiger partial charge in [0.25, 0.3) is 0 Å². The van der Waals surface area contributed by atoms with Gasteiger partial charge in [-0.05, 0) is 29.4 Å². The van der Waals surface area contributed by atoms with Crippen molar-refractivity contribution < 1.29 is 4.79 Å². The molecule has 0 aliphatic heterocycles. The second kappa shape index (κ2) is 5.00. The van der Waals surface area contributed by atoms with Crippen LogP contribution in [0.25, 0.3) is 0 Å². The number of hydrogen-bond donors (Lipinski definition) is 0. The van der Waals surface area contributed by atoms with E-state index in [0.29, 0.717) is 5.78 Å². The summed E-state index contributed by atoms with van der Waals surface area (Å²) in [5, 5.41) is 0. The number of ketones is 1. The fourth-order valence-corrected chi connectivity index (χ4v) is 3.15. The smallest absolute Gasteiger partial charge is 0.134 e. The quantitative estimate of drug-likeness (QED) is 0.806. The molecule has 1 aliphatic carbocycles. The zero-order chi connectivity index (χ0) is 13.1. The van der Waals surface area contributed by atoms with Gasteiger partial charge in [0.2, 0.25) is 0 Å². The molecule has 0 spiro atoms. The third kappa shape index (κ3) is 2.76. The molecule has 0 atom stereocenters. The first-order valence-corrected chi connectivity index (χ1v) is 6.85. The van der Waals surface area contributed by atoms with Crippen LogP contribution in [0, 0.1) is 5.41 Å². The maximum atomic E-state index is 11.5. The largest absolute Gasteiger partial charge is 0.300 e. The highest BCUT2D eigenvalue weighted by atomic mass is 16.1. The van der Waals surface area contributed by atoms with Gasteiger partial charge in [0.05, 0.1) is 0 Å². The molecule has 1 heteroatoms. The highest BCUT2D eigenvalue weighted by Gasteiger charge is 2.43. The van der Waals surface area contributed by atoms with Gasteiger partial charge < -0.3 is 0 Å². The first-order chi connectivity index (χ1) is 9.26. The predicted molar refractivity (Wildman–Crippen MR) is 77.0 cm³/mol. The molecule has 2 aromatic rings. The average Bonchev–Trinajstić information content (AvgIpc) is 2.39. The van der Waals surface area contributed by atoms with Crippen molar-refractivity contribution in [3.63, 3.8) is 0 Å². The summed E-state index contributed by atoms with van der Waals surface area (Å²) >= 11 is 0. The van der Waals surface area contributed by atoms with E-state index in [9.17, 15) is 4.79 Å². The summed E-state index contributed by atoms with van der Waals surface area (Å²) in [7, 11) is 0. The van der Waals surface area contributed by atoms with Crippen LogP contribution in [0.15, 0.2) is 60.7 Å². The first-order valence-electron chi connectivity index (χ1n) is 6.85. The summed E-state index contributed by atoms with van der Waals surface area (Å²) in [6, 6.07) is 21.0. The summed E-state index contributed by atoms with van der Waals surface area (Å²) in [6.07, 6.45) is 3.48. The molecule has 3 rings (SSSR count). The minimum Gasteiger partial charge on any atom is -0.300 e. The third-order valence-electron chi connectivity index (χ3n) is 3.99. The van der Waals surface area contributed by atoms with Gasteiger partial charge in [-0.15, -0.1) is 0 Å². The van der Waals surface area contributed by atoms with E-state index in [0.717, 1.165) is 25.7 Å². The third-order valence-corrected chi connectivity index (χ3v) is 3.99. The Morgan fingerprint density at radius 2 is 1.16 bits per heavy atom. The number of Topliss-reactive ketones (excluding diaryl/α,β-unsaturated/α-hetero) is 1. The summed E-state index contributed by atoms with van der Waals surface area (Å²) in [6.45, 7) is 0. The molecule has 1 nitrogen and oxygen atoms in total. The van der Waals surface area contributed by atoms with Gasteiger partial charge in [0, 0.05) is 12.8 Å². The molecule has 0 amide bonds. The summed E-state index contributed by atoms with van der Waals surface area (Å²) in [4.78, 5) is 11.5. The van der Waals surface area contributed by atoms with Crippen molar-refractivity contribution in [1.29, 1.82) is 0 Å². The minimum atomic E-state index is 0.153. The van der Waals surface area contributed by atoms with Crippen molar-refractivity contribution in [2.75, 3.05) is 0 Å². The zero-order valence-corrected chi connectivity index (χ0v) is 11.0. The summed E-state index contributed by atoms with van der Waals surface area (Å²) in [5.74, 6) is 0.409. The molecular weight excluding hydrogens is 232 g/mol. The van der Waals surface area contributed by atoms with E-state index >= 15 is 0 Å². The van der Waals surface area contributed by atoms with Crippen LogP contribution in [0.5, 0.6) is 0 Å². The van der Waals surface area contributed by atoms with Gasteiger partial charge in [-0.2, -0.15) is 0 Å². The zero-order valence-electron chi connectivity index (χ0n) is 11.0. The van der Waals surface area contributed by atoms with Crippen LogP contribution in [0.4, 0.5) is 0 Å². The van der Waals surface area contributed by atoms with Crippen molar-refractivity contribution in [3.8, 4) is 0 Å². The van der Waals surface area contributed by atoms with Gasteiger partial charge in [-0.25, -0.2) is 0 Å². The van der Waals surface area contributed by atoms with Crippen molar-refractivity contribution in [1.82, 2.24) is 0 Å². The lowest BCUT2D eigenvalue weighted by atomic mass is 9.61. The SMILES string of the molecule is O=C1CC(Cc2ccccc2)(Cc2ccccc2)C1. The molecule has 0 unspecified atom stereocenters. The van der Waals surface area contributed by atoms with Crippen LogP contribution in [0.3, 0.4) is 0 Å². The lowest BCUT2D eigenvalue weighted by Gasteiger charge is -2.41. The van der Waals surface area contributed by atoms with Gasteiger partial charge in [-0.3, -0.25) is 4.79 Å². The van der Waals surface area contributed by atoms with Crippen LogP contribution in [-0.2, 0) is 17.6 Å². The molecule has 0 heterocycles. The van der Waals surface area contributed by atoms with Gasteiger partial charge in [-0.1, -0.05) is 60.7 Å². The molecule has 0 bridgehead atoms. The van der Waals surface area contributed by atoms with Crippen LogP contribution >= 0.6 is 0 Å². The molecule has 0 N–H and O–H groups in total. The van der Waals surface area contributed by atoms with E-state index < -0.39 is 0 Å². The van der Waals surface area contributed by atoms with Gasteiger partial charge >= 0.3 is 0 Å². The maximum absolute atomic E-state index is 11.5. The Morgan fingerprint density at radius 1 is 0.737 bits per heavy atom.